The van der Waals surface area contributed by atoms with Gasteiger partial charge in [0.1, 0.15) is 0 Å². The van der Waals surface area contributed by atoms with Gasteiger partial charge >= 0.3 is 0 Å². The number of allylic oxidation sites excluding steroid dienone is 3. The molecule has 0 aromatic carbocycles. The van der Waals surface area contributed by atoms with E-state index in [9.17, 15) is 5.11 Å². The molecule has 0 unspecified atom stereocenters. The van der Waals surface area contributed by atoms with Gasteiger partial charge in [-0.3, -0.25) is 0 Å². The fourth-order valence-corrected chi connectivity index (χ4v) is 5.80. The zero-order valence-electron chi connectivity index (χ0n) is 15.7. The van der Waals surface area contributed by atoms with Crippen molar-refractivity contribution >= 4 is 23.5 Å². The quantitative estimate of drug-likeness (QED) is 0.462. The zero-order valence-corrected chi connectivity index (χ0v) is 17.3. The van der Waals surface area contributed by atoms with Crippen LogP contribution in [0.1, 0.15) is 54.4 Å². The molecule has 1 saturated heterocycles. The molecule has 23 heavy (non-hydrogen) atoms. The van der Waals surface area contributed by atoms with Crippen LogP contribution in [0.4, 0.5) is 0 Å². The Morgan fingerprint density at radius 2 is 1.83 bits per heavy atom. The average Bonchev–Trinajstić information content (AvgIpc) is 2.44. The summed E-state index contributed by atoms with van der Waals surface area (Å²) in [6.07, 6.45) is 6.25. The minimum atomic E-state index is -0.440. The molecule has 1 fully saturated rings. The normalized spacial score (nSPS) is 21.2. The lowest BCUT2D eigenvalue weighted by atomic mass is 9.88. The lowest BCUT2D eigenvalue weighted by Gasteiger charge is -2.27. The second-order valence-electron chi connectivity index (χ2n) is 7.76. The van der Waals surface area contributed by atoms with Crippen LogP contribution in [0.25, 0.3) is 0 Å². The molecule has 0 saturated carbocycles. The maximum Gasteiger partial charge on any atom is 0.0813 e. The van der Waals surface area contributed by atoms with E-state index in [4.69, 9.17) is 0 Å². The van der Waals surface area contributed by atoms with Crippen molar-refractivity contribution in [3.63, 3.8) is 0 Å². The molecule has 0 aromatic rings. The van der Waals surface area contributed by atoms with E-state index in [0.29, 0.717) is 4.58 Å². The molecule has 1 nitrogen and oxygen atoms in total. The molecule has 1 heterocycles. The van der Waals surface area contributed by atoms with Crippen LogP contribution in [0.3, 0.4) is 0 Å². The molecule has 1 aliphatic heterocycles. The highest BCUT2D eigenvalue weighted by Crippen LogP contribution is 2.36. The molecule has 0 spiro atoms. The van der Waals surface area contributed by atoms with E-state index in [2.05, 4.69) is 53.3 Å². The summed E-state index contributed by atoms with van der Waals surface area (Å²) >= 11 is 4.09. The van der Waals surface area contributed by atoms with Crippen molar-refractivity contribution < 1.29 is 5.11 Å². The highest BCUT2D eigenvalue weighted by molar-refractivity contribution is 8.17. The topological polar surface area (TPSA) is 20.2 Å². The van der Waals surface area contributed by atoms with Gasteiger partial charge in [-0.25, -0.2) is 0 Å². The highest BCUT2D eigenvalue weighted by atomic mass is 32.2. The van der Waals surface area contributed by atoms with Crippen LogP contribution < -0.4 is 0 Å². The molecule has 0 aliphatic carbocycles. The Hall–Kier alpha value is -0.120. The third-order valence-electron chi connectivity index (χ3n) is 4.03. The maximum absolute atomic E-state index is 10.7. The van der Waals surface area contributed by atoms with Crippen LogP contribution in [0, 0.1) is 11.3 Å². The van der Waals surface area contributed by atoms with Crippen LogP contribution in [0.15, 0.2) is 35.5 Å². The third-order valence-corrected chi connectivity index (χ3v) is 6.97. The Morgan fingerprint density at radius 3 is 2.35 bits per heavy atom. The van der Waals surface area contributed by atoms with Crippen molar-refractivity contribution in [1.29, 1.82) is 0 Å². The van der Waals surface area contributed by atoms with Crippen molar-refractivity contribution in [3.8, 4) is 0 Å². The van der Waals surface area contributed by atoms with Crippen molar-refractivity contribution in [1.82, 2.24) is 0 Å². The summed E-state index contributed by atoms with van der Waals surface area (Å²) in [7, 11) is 0. The van der Waals surface area contributed by atoms with Crippen molar-refractivity contribution in [2.24, 2.45) is 11.3 Å². The van der Waals surface area contributed by atoms with Gasteiger partial charge in [0.2, 0.25) is 0 Å². The predicted octanol–water partition coefficient (Wildman–Crippen LogP) is 6.06. The van der Waals surface area contributed by atoms with Gasteiger partial charge in [0.25, 0.3) is 0 Å². The van der Waals surface area contributed by atoms with E-state index >= 15 is 0 Å². The van der Waals surface area contributed by atoms with Crippen LogP contribution in [0.2, 0.25) is 0 Å². The first-order valence-corrected chi connectivity index (χ1v) is 10.7. The SMILES string of the molecule is C=C(CC1SCCCS1)[C@H](C)[C@@H](O)/C(C)=C/C(C)=C/C(C)(C)C. The summed E-state index contributed by atoms with van der Waals surface area (Å²) in [4.78, 5) is 0. The first-order valence-electron chi connectivity index (χ1n) is 8.57. The molecule has 3 heteroatoms. The molecular formula is C20H34OS2. The molecule has 0 bridgehead atoms. The van der Waals surface area contributed by atoms with Gasteiger partial charge in [-0.1, -0.05) is 57.6 Å². The van der Waals surface area contributed by atoms with Crippen LogP contribution in [0.5, 0.6) is 0 Å². The standard InChI is InChI=1S/C20H34OS2/c1-14(13-20(5,6)7)11-16(3)19(21)17(4)15(2)12-18-22-9-8-10-23-18/h11,13,17-19,21H,2,8-10,12H2,1,3-7H3/b14-13+,16-11+/t17-,19-/m0/s1. The first kappa shape index (κ1) is 20.9. The second kappa shape index (κ2) is 9.39. The summed E-state index contributed by atoms with van der Waals surface area (Å²) < 4.78 is 0.623. The monoisotopic (exact) mass is 354 g/mol. The Labute approximate surface area is 152 Å². The molecular weight excluding hydrogens is 320 g/mol. The molecule has 1 N–H and O–H groups in total. The number of aliphatic hydroxyl groups is 1. The van der Waals surface area contributed by atoms with Crippen LogP contribution >= 0.6 is 23.5 Å². The summed E-state index contributed by atoms with van der Waals surface area (Å²) in [5.41, 5.74) is 3.58. The Kier molecular flexibility index (Phi) is 8.54. The summed E-state index contributed by atoms with van der Waals surface area (Å²) in [5, 5.41) is 10.7. The van der Waals surface area contributed by atoms with Gasteiger partial charge in [-0.2, -0.15) is 0 Å². The van der Waals surface area contributed by atoms with E-state index < -0.39 is 6.10 Å². The minimum absolute atomic E-state index is 0.108. The van der Waals surface area contributed by atoms with Gasteiger partial charge in [-0.15, -0.1) is 23.5 Å². The fraction of sp³-hybridized carbons (Fsp3) is 0.700. The Balaban J connectivity index is 2.64. The van der Waals surface area contributed by atoms with Gasteiger partial charge in [-0.05, 0) is 49.2 Å². The lowest BCUT2D eigenvalue weighted by molar-refractivity contribution is 0.166. The Morgan fingerprint density at radius 1 is 1.26 bits per heavy atom. The smallest absolute Gasteiger partial charge is 0.0813 e. The minimum Gasteiger partial charge on any atom is -0.388 e. The van der Waals surface area contributed by atoms with Gasteiger partial charge in [0.15, 0.2) is 0 Å². The average molecular weight is 355 g/mol. The van der Waals surface area contributed by atoms with E-state index in [1.54, 1.807) is 0 Å². The largest absolute Gasteiger partial charge is 0.388 e. The molecule has 1 rings (SSSR count). The van der Waals surface area contributed by atoms with Crippen LogP contribution in [-0.2, 0) is 0 Å². The highest BCUT2D eigenvalue weighted by Gasteiger charge is 2.23. The maximum atomic E-state index is 10.7. The van der Waals surface area contributed by atoms with E-state index in [-0.39, 0.29) is 11.3 Å². The molecule has 132 valence electrons. The fourth-order valence-electron chi connectivity index (χ4n) is 2.84. The van der Waals surface area contributed by atoms with Crippen molar-refractivity contribution in [3.05, 3.63) is 35.5 Å². The zero-order chi connectivity index (χ0) is 17.6. The van der Waals surface area contributed by atoms with Gasteiger partial charge < -0.3 is 5.11 Å². The molecule has 1 aliphatic rings. The number of rotatable bonds is 6. The number of aliphatic hydroxyl groups excluding tert-OH is 1. The van der Waals surface area contributed by atoms with Crippen LogP contribution in [-0.4, -0.2) is 27.3 Å². The predicted molar refractivity (Wildman–Crippen MR) is 109 cm³/mol. The molecule has 0 radical (unpaired) electrons. The van der Waals surface area contributed by atoms with E-state index in [1.165, 1.54) is 29.1 Å². The van der Waals surface area contributed by atoms with Gasteiger partial charge in [0.05, 0.1) is 10.7 Å². The third kappa shape index (κ3) is 8.00. The van der Waals surface area contributed by atoms with Crippen molar-refractivity contribution in [2.75, 3.05) is 11.5 Å². The molecule has 0 aromatic heterocycles. The van der Waals surface area contributed by atoms with E-state index in [0.717, 1.165) is 12.0 Å². The Bertz CT molecular complexity index is 451. The first-order chi connectivity index (χ1) is 10.6. The van der Waals surface area contributed by atoms with Crippen molar-refractivity contribution in [2.45, 2.75) is 65.1 Å². The number of hydrogen-bond donors (Lipinski definition) is 1. The summed E-state index contributed by atoms with van der Waals surface area (Å²) in [6.45, 7) is 17.1. The molecule has 2 atom stereocenters. The summed E-state index contributed by atoms with van der Waals surface area (Å²) in [6, 6.07) is 0. The number of thioether (sulfide) groups is 2. The van der Waals surface area contributed by atoms with Gasteiger partial charge in [0, 0.05) is 5.92 Å². The lowest BCUT2D eigenvalue weighted by Crippen LogP contribution is -2.22. The molecule has 0 amide bonds. The number of hydrogen-bond acceptors (Lipinski definition) is 3. The summed E-state index contributed by atoms with van der Waals surface area (Å²) in [5.74, 6) is 2.63. The second-order valence-corrected chi connectivity index (χ2v) is 10.7. The van der Waals surface area contributed by atoms with E-state index in [1.807, 2.05) is 30.4 Å².